The van der Waals surface area contributed by atoms with E-state index in [2.05, 4.69) is 57.2 Å². The summed E-state index contributed by atoms with van der Waals surface area (Å²) < 4.78 is 10.7. The lowest BCUT2D eigenvalue weighted by atomic mass is 10.0. The highest BCUT2D eigenvalue weighted by Crippen LogP contribution is 2.25. The van der Waals surface area contributed by atoms with Crippen molar-refractivity contribution in [3.63, 3.8) is 0 Å². The van der Waals surface area contributed by atoms with Gasteiger partial charge in [-0.05, 0) is 66.8 Å². The molecule has 0 saturated carbocycles. The molecule has 0 spiro atoms. The number of hydrogen-bond acceptors (Lipinski definition) is 2. The molecule has 2 rings (SSSR count). The maximum atomic E-state index is 5.39. The summed E-state index contributed by atoms with van der Waals surface area (Å²) >= 11 is 0. The van der Waals surface area contributed by atoms with Crippen molar-refractivity contribution in [1.29, 1.82) is 0 Å². The average Bonchev–Trinajstić information content (AvgIpc) is 2.46. The van der Waals surface area contributed by atoms with Gasteiger partial charge in [-0.3, -0.25) is 0 Å². The second kappa shape index (κ2) is 6.49. The van der Waals surface area contributed by atoms with Crippen LogP contribution in [-0.2, 0) is 0 Å². The number of methoxy groups -OCH3 is 2. The lowest BCUT2D eigenvalue weighted by Crippen LogP contribution is -1.90. The largest absolute Gasteiger partial charge is 0.496 e. The summed E-state index contributed by atoms with van der Waals surface area (Å²) in [4.78, 5) is 0. The zero-order valence-corrected chi connectivity index (χ0v) is 13.4. The highest BCUT2D eigenvalue weighted by Gasteiger charge is 2.03. The second-order valence-electron chi connectivity index (χ2n) is 5.24. The van der Waals surface area contributed by atoms with Gasteiger partial charge < -0.3 is 9.47 Å². The van der Waals surface area contributed by atoms with E-state index < -0.39 is 0 Å². The van der Waals surface area contributed by atoms with Crippen molar-refractivity contribution in [3.05, 3.63) is 58.1 Å². The first-order valence-corrected chi connectivity index (χ1v) is 7.03. The third-order valence-electron chi connectivity index (χ3n) is 3.66. The van der Waals surface area contributed by atoms with Crippen molar-refractivity contribution in [1.82, 2.24) is 0 Å². The molecule has 0 aliphatic rings. The summed E-state index contributed by atoms with van der Waals surface area (Å²) in [6.07, 6.45) is 4.24. The molecule has 110 valence electrons. The highest BCUT2D eigenvalue weighted by molar-refractivity contribution is 5.72. The molecule has 0 aliphatic heterocycles. The highest BCUT2D eigenvalue weighted by atomic mass is 16.5. The topological polar surface area (TPSA) is 18.5 Å². The molecule has 0 N–H and O–H groups in total. The molecule has 2 aromatic rings. The van der Waals surface area contributed by atoms with Crippen molar-refractivity contribution >= 4 is 12.2 Å². The van der Waals surface area contributed by atoms with Gasteiger partial charge in [0.15, 0.2) is 0 Å². The fourth-order valence-corrected chi connectivity index (χ4v) is 2.44. The van der Waals surface area contributed by atoms with Crippen LogP contribution in [0.4, 0.5) is 0 Å². The zero-order valence-electron chi connectivity index (χ0n) is 13.4. The minimum atomic E-state index is 0.917. The molecule has 21 heavy (non-hydrogen) atoms. The van der Waals surface area contributed by atoms with Gasteiger partial charge in [0.25, 0.3) is 0 Å². The molecular weight excluding hydrogens is 260 g/mol. The molecule has 0 aliphatic carbocycles. The molecule has 0 atom stereocenters. The first-order chi connectivity index (χ1) is 10.0. The van der Waals surface area contributed by atoms with Crippen LogP contribution in [0.2, 0.25) is 0 Å². The SMILES string of the molecule is COc1ccc(/C=C\c2cc(OC)c(C)cc2C)cc1C. The molecule has 2 nitrogen and oxygen atoms in total. The van der Waals surface area contributed by atoms with Gasteiger partial charge >= 0.3 is 0 Å². The molecule has 0 unspecified atom stereocenters. The predicted octanol–water partition coefficient (Wildman–Crippen LogP) is 4.80. The molecule has 0 saturated heterocycles. The Bertz CT molecular complexity index is 670. The molecule has 2 heteroatoms. The number of benzene rings is 2. The van der Waals surface area contributed by atoms with Gasteiger partial charge in [-0.1, -0.05) is 24.3 Å². The third kappa shape index (κ3) is 3.46. The molecule has 0 fully saturated rings. The van der Waals surface area contributed by atoms with E-state index in [0.717, 1.165) is 28.2 Å². The van der Waals surface area contributed by atoms with E-state index in [4.69, 9.17) is 9.47 Å². The Balaban J connectivity index is 2.31. The quantitative estimate of drug-likeness (QED) is 0.750. The summed E-state index contributed by atoms with van der Waals surface area (Å²) in [5, 5.41) is 0. The Hall–Kier alpha value is -2.22. The van der Waals surface area contributed by atoms with Crippen LogP contribution in [0.1, 0.15) is 27.8 Å². The van der Waals surface area contributed by atoms with Crippen molar-refractivity contribution < 1.29 is 9.47 Å². The fraction of sp³-hybridized carbons (Fsp3) is 0.263. The predicted molar refractivity (Wildman–Crippen MR) is 89.1 cm³/mol. The monoisotopic (exact) mass is 282 g/mol. The van der Waals surface area contributed by atoms with Crippen LogP contribution in [0.3, 0.4) is 0 Å². The Morgan fingerprint density at radius 3 is 2.00 bits per heavy atom. The summed E-state index contributed by atoms with van der Waals surface area (Å²) in [6, 6.07) is 10.4. The summed E-state index contributed by atoms with van der Waals surface area (Å²) in [7, 11) is 3.40. The van der Waals surface area contributed by atoms with E-state index in [9.17, 15) is 0 Å². The lowest BCUT2D eigenvalue weighted by molar-refractivity contribution is 0.411. The Morgan fingerprint density at radius 1 is 0.714 bits per heavy atom. The van der Waals surface area contributed by atoms with Gasteiger partial charge in [-0.25, -0.2) is 0 Å². The van der Waals surface area contributed by atoms with Crippen LogP contribution >= 0.6 is 0 Å². The zero-order chi connectivity index (χ0) is 15.4. The van der Waals surface area contributed by atoms with E-state index in [-0.39, 0.29) is 0 Å². The Morgan fingerprint density at radius 2 is 1.38 bits per heavy atom. The molecule has 0 aromatic heterocycles. The number of aryl methyl sites for hydroxylation is 3. The van der Waals surface area contributed by atoms with Crippen LogP contribution in [0.5, 0.6) is 11.5 Å². The third-order valence-corrected chi connectivity index (χ3v) is 3.66. The number of ether oxygens (including phenoxy) is 2. The van der Waals surface area contributed by atoms with E-state index in [0.29, 0.717) is 0 Å². The van der Waals surface area contributed by atoms with Gasteiger partial charge in [0.2, 0.25) is 0 Å². The molecule has 0 amide bonds. The standard InChI is InChI=1S/C19H22O2/c1-13-10-14(2)19(21-5)12-17(13)8-6-16-7-9-18(20-4)15(3)11-16/h6-12H,1-5H3/b8-6-. The van der Waals surface area contributed by atoms with E-state index in [1.165, 1.54) is 11.1 Å². The number of rotatable bonds is 4. The van der Waals surface area contributed by atoms with Crippen molar-refractivity contribution in [3.8, 4) is 11.5 Å². The molecule has 2 aromatic carbocycles. The van der Waals surface area contributed by atoms with Crippen LogP contribution in [0.25, 0.3) is 12.2 Å². The van der Waals surface area contributed by atoms with E-state index in [1.807, 2.05) is 6.07 Å². The van der Waals surface area contributed by atoms with Crippen molar-refractivity contribution in [2.45, 2.75) is 20.8 Å². The minimum absolute atomic E-state index is 0.917. The van der Waals surface area contributed by atoms with Crippen LogP contribution in [0.15, 0.2) is 30.3 Å². The number of hydrogen-bond donors (Lipinski definition) is 0. The van der Waals surface area contributed by atoms with E-state index in [1.54, 1.807) is 14.2 Å². The maximum absolute atomic E-state index is 5.39. The van der Waals surface area contributed by atoms with E-state index >= 15 is 0 Å². The van der Waals surface area contributed by atoms with Gasteiger partial charge in [0.05, 0.1) is 14.2 Å². The van der Waals surface area contributed by atoms with Gasteiger partial charge in [-0.15, -0.1) is 0 Å². The second-order valence-corrected chi connectivity index (χ2v) is 5.24. The van der Waals surface area contributed by atoms with Crippen LogP contribution < -0.4 is 9.47 Å². The van der Waals surface area contributed by atoms with Gasteiger partial charge in [-0.2, -0.15) is 0 Å². The summed E-state index contributed by atoms with van der Waals surface area (Å²) in [6.45, 7) is 6.23. The first-order valence-electron chi connectivity index (χ1n) is 7.03. The molecule has 0 bridgehead atoms. The average molecular weight is 282 g/mol. The Labute approximate surface area is 127 Å². The smallest absolute Gasteiger partial charge is 0.122 e. The molecule has 0 radical (unpaired) electrons. The molecule has 0 heterocycles. The summed E-state index contributed by atoms with van der Waals surface area (Å²) in [5.41, 5.74) is 5.87. The summed E-state index contributed by atoms with van der Waals surface area (Å²) in [5.74, 6) is 1.84. The van der Waals surface area contributed by atoms with Crippen molar-refractivity contribution in [2.75, 3.05) is 14.2 Å². The normalized spacial score (nSPS) is 10.9. The minimum Gasteiger partial charge on any atom is -0.496 e. The fourth-order valence-electron chi connectivity index (χ4n) is 2.44. The Kier molecular flexibility index (Phi) is 4.69. The van der Waals surface area contributed by atoms with Gasteiger partial charge in [0.1, 0.15) is 11.5 Å². The molecular formula is C19H22O2. The van der Waals surface area contributed by atoms with Crippen LogP contribution in [0, 0.1) is 20.8 Å². The maximum Gasteiger partial charge on any atom is 0.122 e. The van der Waals surface area contributed by atoms with Crippen molar-refractivity contribution in [2.24, 2.45) is 0 Å². The first kappa shape index (κ1) is 15.2. The lowest BCUT2D eigenvalue weighted by Gasteiger charge is -2.09. The van der Waals surface area contributed by atoms with Crippen LogP contribution in [-0.4, -0.2) is 14.2 Å². The van der Waals surface area contributed by atoms with Gasteiger partial charge in [0, 0.05) is 0 Å².